The van der Waals surface area contributed by atoms with Gasteiger partial charge in [-0.1, -0.05) is 15.9 Å². The molecule has 2 atom stereocenters. The van der Waals surface area contributed by atoms with E-state index in [0.29, 0.717) is 18.4 Å². The number of nitrogens with one attached hydrogen (secondary N) is 1. The summed E-state index contributed by atoms with van der Waals surface area (Å²) in [7, 11) is 0. The minimum atomic E-state index is -0.767. The summed E-state index contributed by atoms with van der Waals surface area (Å²) in [4.78, 5) is 23.0. The first-order valence-corrected chi connectivity index (χ1v) is 7.06. The molecule has 1 fully saturated rings. The largest absolute Gasteiger partial charge is 0.481 e. The molecule has 19 heavy (non-hydrogen) atoms. The Morgan fingerprint density at radius 1 is 1.37 bits per heavy atom. The molecule has 2 rings (SSSR count). The van der Waals surface area contributed by atoms with Crippen LogP contribution in [0.2, 0.25) is 0 Å². The Balaban J connectivity index is 2.00. The maximum Gasteiger partial charge on any atom is 0.306 e. The summed E-state index contributed by atoms with van der Waals surface area (Å²) in [5.74, 6) is -1.21. The van der Waals surface area contributed by atoms with E-state index in [2.05, 4.69) is 21.2 Å². The molecule has 1 amide bonds. The average Bonchev–Trinajstić information content (AvgIpc) is 2.77. The molecule has 0 aromatic heterocycles. The summed E-state index contributed by atoms with van der Waals surface area (Å²) in [5.41, 5.74) is 1.54. The van der Waals surface area contributed by atoms with E-state index >= 15 is 0 Å². The number of hydrogen-bond acceptors (Lipinski definition) is 2. The van der Waals surface area contributed by atoms with Gasteiger partial charge in [0.25, 0.3) is 5.91 Å². The van der Waals surface area contributed by atoms with Gasteiger partial charge in [-0.3, -0.25) is 9.59 Å². The Hall–Kier alpha value is -1.36. The van der Waals surface area contributed by atoms with E-state index in [-0.39, 0.29) is 17.9 Å². The van der Waals surface area contributed by atoms with Crippen LogP contribution in [0.1, 0.15) is 35.2 Å². The van der Waals surface area contributed by atoms with Crippen LogP contribution in [0.25, 0.3) is 0 Å². The minimum Gasteiger partial charge on any atom is -0.481 e. The van der Waals surface area contributed by atoms with Gasteiger partial charge >= 0.3 is 5.97 Å². The second kappa shape index (κ2) is 5.74. The van der Waals surface area contributed by atoms with Crippen molar-refractivity contribution in [1.82, 2.24) is 5.32 Å². The number of amides is 1. The van der Waals surface area contributed by atoms with Gasteiger partial charge in [-0.2, -0.15) is 0 Å². The average molecular weight is 326 g/mol. The van der Waals surface area contributed by atoms with Crippen LogP contribution < -0.4 is 5.32 Å². The summed E-state index contributed by atoms with van der Waals surface area (Å²) < 4.78 is 0.938. The highest BCUT2D eigenvalue weighted by Crippen LogP contribution is 2.26. The Morgan fingerprint density at radius 3 is 2.68 bits per heavy atom. The normalized spacial score (nSPS) is 22.2. The Kier molecular flexibility index (Phi) is 4.24. The van der Waals surface area contributed by atoms with Crippen LogP contribution >= 0.6 is 15.9 Å². The molecule has 1 aromatic carbocycles. The number of carbonyl (C=O) groups is 2. The zero-order valence-corrected chi connectivity index (χ0v) is 12.2. The van der Waals surface area contributed by atoms with Crippen LogP contribution in [0.15, 0.2) is 22.7 Å². The Morgan fingerprint density at radius 2 is 2.11 bits per heavy atom. The van der Waals surface area contributed by atoms with Gasteiger partial charge in [0.1, 0.15) is 0 Å². The fourth-order valence-corrected chi connectivity index (χ4v) is 2.96. The van der Waals surface area contributed by atoms with Crippen molar-refractivity contribution in [2.45, 2.75) is 32.2 Å². The fourth-order valence-electron chi connectivity index (χ4n) is 2.48. The second-order valence-corrected chi connectivity index (χ2v) is 5.89. The topological polar surface area (TPSA) is 66.4 Å². The van der Waals surface area contributed by atoms with Gasteiger partial charge in [-0.15, -0.1) is 0 Å². The number of aliphatic carboxylic acids is 1. The van der Waals surface area contributed by atoms with Crippen LogP contribution in [-0.4, -0.2) is 23.0 Å². The lowest BCUT2D eigenvalue weighted by molar-refractivity contribution is -0.141. The summed E-state index contributed by atoms with van der Waals surface area (Å²) in [5, 5.41) is 11.9. The molecule has 102 valence electrons. The van der Waals surface area contributed by atoms with Crippen molar-refractivity contribution in [1.29, 1.82) is 0 Å². The highest BCUT2D eigenvalue weighted by molar-refractivity contribution is 9.10. The molecule has 0 aliphatic heterocycles. The zero-order chi connectivity index (χ0) is 14.0. The number of aryl methyl sites for hydroxylation is 1. The molecule has 4 nitrogen and oxygen atoms in total. The van der Waals surface area contributed by atoms with Gasteiger partial charge in [0.05, 0.1) is 5.92 Å². The first kappa shape index (κ1) is 14.1. The standard InChI is InChI=1S/C14H16BrNO3/c1-8-6-10(15)3-5-12(8)13(17)16-11-4-2-9(7-11)14(18)19/h3,5-6,9,11H,2,4,7H2,1H3,(H,16,17)(H,18,19). The first-order chi connectivity index (χ1) is 8.97. The van der Waals surface area contributed by atoms with Crippen molar-refractivity contribution in [3.05, 3.63) is 33.8 Å². The summed E-state index contributed by atoms with van der Waals surface area (Å²) in [6.07, 6.45) is 1.90. The van der Waals surface area contributed by atoms with Crippen molar-refractivity contribution in [3.63, 3.8) is 0 Å². The third kappa shape index (κ3) is 3.35. The third-order valence-electron chi connectivity index (χ3n) is 3.55. The number of carboxylic acid groups (broad SMARTS) is 1. The van der Waals surface area contributed by atoms with Gasteiger partial charge in [0.15, 0.2) is 0 Å². The van der Waals surface area contributed by atoms with Gasteiger partial charge in [0.2, 0.25) is 0 Å². The number of halogens is 1. The predicted octanol–water partition coefficient (Wildman–Crippen LogP) is 2.74. The molecule has 0 radical (unpaired) electrons. The van der Waals surface area contributed by atoms with Crippen LogP contribution in [-0.2, 0) is 4.79 Å². The fraction of sp³-hybridized carbons (Fsp3) is 0.429. The maximum absolute atomic E-state index is 12.1. The molecule has 2 unspecified atom stereocenters. The second-order valence-electron chi connectivity index (χ2n) is 4.98. The lowest BCUT2D eigenvalue weighted by atomic mass is 10.1. The lowest BCUT2D eigenvalue weighted by Gasteiger charge is -2.13. The molecule has 0 saturated heterocycles. The van der Waals surface area contributed by atoms with Crippen LogP contribution in [0.4, 0.5) is 0 Å². The number of hydrogen-bond donors (Lipinski definition) is 2. The number of benzene rings is 1. The van der Waals surface area contributed by atoms with Crippen molar-refractivity contribution in [3.8, 4) is 0 Å². The van der Waals surface area contributed by atoms with Crippen molar-refractivity contribution >= 4 is 27.8 Å². The van der Waals surface area contributed by atoms with E-state index in [0.717, 1.165) is 16.5 Å². The van der Waals surface area contributed by atoms with E-state index in [1.54, 1.807) is 6.07 Å². The minimum absolute atomic E-state index is 0.0309. The summed E-state index contributed by atoms with van der Waals surface area (Å²) in [6.45, 7) is 1.88. The molecule has 1 saturated carbocycles. The summed E-state index contributed by atoms with van der Waals surface area (Å²) >= 11 is 3.36. The quantitative estimate of drug-likeness (QED) is 0.897. The SMILES string of the molecule is Cc1cc(Br)ccc1C(=O)NC1CCC(C(=O)O)C1. The predicted molar refractivity (Wildman–Crippen MR) is 75.1 cm³/mol. The van der Waals surface area contributed by atoms with E-state index in [4.69, 9.17) is 5.11 Å². The Labute approximate surface area is 120 Å². The van der Waals surface area contributed by atoms with Crippen LogP contribution in [0, 0.1) is 12.8 Å². The van der Waals surface area contributed by atoms with Crippen LogP contribution in [0.3, 0.4) is 0 Å². The van der Waals surface area contributed by atoms with Gasteiger partial charge < -0.3 is 10.4 Å². The molecule has 0 spiro atoms. The monoisotopic (exact) mass is 325 g/mol. The van der Waals surface area contributed by atoms with Crippen molar-refractivity contribution in [2.24, 2.45) is 5.92 Å². The van der Waals surface area contributed by atoms with E-state index in [1.165, 1.54) is 0 Å². The van der Waals surface area contributed by atoms with E-state index < -0.39 is 5.97 Å². The maximum atomic E-state index is 12.1. The van der Waals surface area contributed by atoms with Gasteiger partial charge in [0, 0.05) is 16.1 Å². The smallest absolute Gasteiger partial charge is 0.306 e. The molecule has 1 aliphatic carbocycles. The zero-order valence-electron chi connectivity index (χ0n) is 10.6. The summed E-state index contributed by atoms with van der Waals surface area (Å²) in [6, 6.07) is 5.47. The van der Waals surface area contributed by atoms with Gasteiger partial charge in [-0.05, 0) is 49.9 Å². The molecule has 5 heteroatoms. The molecule has 0 bridgehead atoms. The van der Waals surface area contributed by atoms with Gasteiger partial charge in [-0.25, -0.2) is 0 Å². The molecule has 1 aliphatic rings. The molecular weight excluding hydrogens is 310 g/mol. The van der Waals surface area contributed by atoms with Crippen molar-refractivity contribution < 1.29 is 14.7 Å². The molecule has 2 N–H and O–H groups in total. The lowest BCUT2D eigenvalue weighted by Crippen LogP contribution is -2.33. The number of carboxylic acids is 1. The highest BCUT2D eigenvalue weighted by atomic mass is 79.9. The van der Waals surface area contributed by atoms with Crippen LogP contribution in [0.5, 0.6) is 0 Å². The molecule has 0 heterocycles. The molecule has 1 aromatic rings. The first-order valence-electron chi connectivity index (χ1n) is 6.27. The van der Waals surface area contributed by atoms with E-state index in [1.807, 2.05) is 19.1 Å². The Bertz CT molecular complexity index is 515. The third-order valence-corrected chi connectivity index (χ3v) is 4.04. The van der Waals surface area contributed by atoms with Crippen molar-refractivity contribution in [2.75, 3.05) is 0 Å². The van der Waals surface area contributed by atoms with E-state index in [9.17, 15) is 9.59 Å². The molecular formula is C14H16BrNO3. The number of rotatable bonds is 3. The highest BCUT2D eigenvalue weighted by Gasteiger charge is 2.30. The number of carbonyl (C=O) groups excluding carboxylic acids is 1.